The Morgan fingerprint density at radius 3 is 2.93 bits per heavy atom. The minimum atomic E-state index is -1.13. The predicted molar refractivity (Wildman–Crippen MR) is 102 cm³/mol. The second-order valence-electron chi connectivity index (χ2n) is 6.95. The number of fused-ring (bicyclic) bond motifs is 5. The molecule has 0 spiro atoms. The first-order chi connectivity index (χ1) is 13.5. The number of urea groups is 1. The lowest BCUT2D eigenvalue weighted by molar-refractivity contribution is 0.0690. The highest BCUT2D eigenvalue weighted by atomic mass is 16.4. The number of pyridine rings is 2. The minimum Gasteiger partial charge on any atom is -0.477 e. The summed E-state index contributed by atoms with van der Waals surface area (Å²) in [6.07, 6.45) is 0.786. The van der Waals surface area contributed by atoms with Gasteiger partial charge in [0.25, 0.3) is 0 Å². The zero-order chi connectivity index (χ0) is 19.4. The molecule has 2 aliphatic heterocycles. The van der Waals surface area contributed by atoms with Crippen molar-refractivity contribution in [3.05, 3.63) is 35.7 Å². The van der Waals surface area contributed by atoms with E-state index in [1.54, 1.807) is 11.0 Å². The lowest BCUT2D eigenvalue weighted by Gasteiger charge is -2.35. The van der Waals surface area contributed by atoms with Crippen LogP contribution in [0.25, 0.3) is 11.0 Å². The number of carboxylic acids is 1. The van der Waals surface area contributed by atoms with Crippen molar-refractivity contribution in [2.75, 3.05) is 28.2 Å². The maximum atomic E-state index is 13.1. The van der Waals surface area contributed by atoms with Crippen LogP contribution in [0.15, 0.2) is 24.3 Å². The van der Waals surface area contributed by atoms with Crippen molar-refractivity contribution in [3.8, 4) is 0 Å². The van der Waals surface area contributed by atoms with Gasteiger partial charge in [0.05, 0.1) is 17.1 Å². The number of hydrogen-bond acceptors (Lipinski definition) is 6. The van der Waals surface area contributed by atoms with Crippen LogP contribution < -0.4 is 15.1 Å². The number of H-pyrrole nitrogens is 1. The Bertz CT molecular complexity index is 1130. The van der Waals surface area contributed by atoms with Gasteiger partial charge in [0.15, 0.2) is 23.0 Å². The van der Waals surface area contributed by atoms with Crippen LogP contribution in [0.1, 0.15) is 22.6 Å². The fourth-order valence-corrected chi connectivity index (χ4v) is 3.85. The van der Waals surface area contributed by atoms with Gasteiger partial charge in [0.1, 0.15) is 0 Å². The van der Waals surface area contributed by atoms with E-state index in [0.29, 0.717) is 29.2 Å². The molecule has 2 aliphatic rings. The molecule has 0 radical (unpaired) electrons. The van der Waals surface area contributed by atoms with Crippen LogP contribution in [0.2, 0.25) is 0 Å². The molecule has 10 heteroatoms. The number of anilines is 3. The number of nitrogens with zero attached hydrogens (tertiary/aromatic N) is 5. The third-order valence-corrected chi connectivity index (χ3v) is 5.18. The number of nitrogens with one attached hydrogen (secondary N) is 2. The highest BCUT2D eigenvalue weighted by molar-refractivity contribution is 6.07. The molecule has 3 aromatic heterocycles. The van der Waals surface area contributed by atoms with Gasteiger partial charge in [-0.25, -0.2) is 19.6 Å². The van der Waals surface area contributed by atoms with Crippen molar-refractivity contribution < 1.29 is 14.7 Å². The summed E-state index contributed by atoms with van der Waals surface area (Å²) in [6, 6.07) is 6.40. The van der Waals surface area contributed by atoms with Crippen LogP contribution in [0, 0.1) is 6.92 Å². The summed E-state index contributed by atoms with van der Waals surface area (Å²) < 4.78 is 0. The number of aryl methyl sites for hydroxylation is 1. The molecular formula is C18H17N7O3. The largest absolute Gasteiger partial charge is 0.477 e. The fraction of sp³-hybridized carbons (Fsp3) is 0.278. The molecule has 5 heterocycles. The number of carboxylic acid groups (broad SMARTS) is 1. The van der Waals surface area contributed by atoms with Crippen LogP contribution in [0.5, 0.6) is 0 Å². The number of hydrogen-bond donors (Lipinski definition) is 3. The Kier molecular flexibility index (Phi) is 3.48. The summed E-state index contributed by atoms with van der Waals surface area (Å²) in [6.45, 7) is 3.36. The normalized spacial score (nSPS) is 17.7. The van der Waals surface area contributed by atoms with Crippen LogP contribution >= 0.6 is 0 Å². The van der Waals surface area contributed by atoms with Gasteiger partial charge in [0, 0.05) is 18.8 Å². The van der Waals surface area contributed by atoms with Gasteiger partial charge < -0.3 is 10.0 Å². The molecule has 0 aliphatic carbocycles. The number of rotatable bonds is 2. The van der Waals surface area contributed by atoms with E-state index in [2.05, 4.69) is 30.4 Å². The monoisotopic (exact) mass is 379 g/mol. The Hall–Kier alpha value is -3.69. The quantitative estimate of drug-likeness (QED) is 0.621. The maximum Gasteiger partial charge on any atom is 0.354 e. The summed E-state index contributed by atoms with van der Waals surface area (Å²) in [7, 11) is 0. The lowest BCUT2D eigenvalue weighted by atomic mass is 10.2. The van der Waals surface area contributed by atoms with E-state index in [1.165, 1.54) is 6.07 Å². The lowest BCUT2D eigenvalue weighted by Crippen LogP contribution is -2.48. The van der Waals surface area contributed by atoms with Gasteiger partial charge in [-0.2, -0.15) is 5.10 Å². The van der Waals surface area contributed by atoms with Crippen LogP contribution in [0.4, 0.5) is 22.1 Å². The van der Waals surface area contributed by atoms with Crippen molar-refractivity contribution in [2.24, 2.45) is 0 Å². The average molecular weight is 379 g/mol. The Morgan fingerprint density at radius 2 is 2.11 bits per heavy atom. The zero-order valence-electron chi connectivity index (χ0n) is 15.0. The summed E-state index contributed by atoms with van der Waals surface area (Å²) in [4.78, 5) is 36.8. The molecule has 2 amide bonds. The molecule has 0 aromatic carbocycles. The first-order valence-corrected chi connectivity index (χ1v) is 8.92. The molecule has 5 rings (SSSR count). The van der Waals surface area contributed by atoms with Gasteiger partial charge in [-0.1, -0.05) is 0 Å². The van der Waals surface area contributed by atoms with Gasteiger partial charge in [-0.15, -0.1) is 0 Å². The maximum absolute atomic E-state index is 13.1. The van der Waals surface area contributed by atoms with Crippen molar-refractivity contribution in [3.63, 3.8) is 0 Å². The fourth-order valence-electron chi connectivity index (χ4n) is 3.85. The van der Waals surface area contributed by atoms with Gasteiger partial charge in [-0.3, -0.25) is 15.3 Å². The number of carbonyl (C=O) groups excluding carboxylic acids is 1. The molecule has 3 N–H and O–H groups in total. The van der Waals surface area contributed by atoms with Gasteiger partial charge in [0.2, 0.25) is 0 Å². The Labute approximate surface area is 159 Å². The molecule has 3 aromatic rings. The van der Waals surface area contributed by atoms with Crippen LogP contribution in [-0.4, -0.2) is 56.4 Å². The van der Waals surface area contributed by atoms with Crippen LogP contribution in [0.3, 0.4) is 0 Å². The van der Waals surface area contributed by atoms with Gasteiger partial charge >= 0.3 is 12.0 Å². The van der Waals surface area contributed by atoms with E-state index in [1.807, 2.05) is 19.1 Å². The second-order valence-corrected chi connectivity index (χ2v) is 6.95. The highest BCUT2D eigenvalue weighted by Gasteiger charge is 2.40. The minimum absolute atomic E-state index is 0.0744. The summed E-state index contributed by atoms with van der Waals surface area (Å²) in [5, 5.41) is 19.8. The Balaban J connectivity index is 1.52. The van der Waals surface area contributed by atoms with E-state index in [0.717, 1.165) is 24.3 Å². The van der Waals surface area contributed by atoms with Crippen molar-refractivity contribution in [1.29, 1.82) is 0 Å². The first kappa shape index (κ1) is 16.5. The highest BCUT2D eigenvalue weighted by Crippen LogP contribution is 2.39. The molecule has 142 valence electrons. The van der Waals surface area contributed by atoms with Crippen molar-refractivity contribution in [1.82, 2.24) is 20.2 Å². The average Bonchev–Trinajstić information content (AvgIpc) is 3.26. The van der Waals surface area contributed by atoms with Crippen molar-refractivity contribution in [2.45, 2.75) is 19.4 Å². The zero-order valence-corrected chi connectivity index (χ0v) is 15.0. The molecule has 0 unspecified atom stereocenters. The molecule has 1 atom stereocenters. The van der Waals surface area contributed by atoms with Crippen molar-refractivity contribution >= 4 is 40.4 Å². The molecule has 10 nitrogen and oxygen atoms in total. The SMILES string of the molecule is Cc1ccc2c(NC(=O)N3c4nc(C(=O)O)ccc4N4CC[C@H]3C4)n[nH]c2n1. The van der Waals surface area contributed by atoms with Gasteiger partial charge in [-0.05, 0) is 37.6 Å². The molecule has 2 bridgehead atoms. The molecule has 1 fully saturated rings. The number of aromatic nitrogens is 4. The number of aromatic amines is 1. The number of carbonyl (C=O) groups is 2. The molecule has 0 saturated carbocycles. The number of amides is 2. The van der Waals surface area contributed by atoms with Crippen LogP contribution in [-0.2, 0) is 0 Å². The molecular weight excluding hydrogens is 362 g/mol. The second kappa shape index (κ2) is 5.91. The molecule has 28 heavy (non-hydrogen) atoms. The van der Waals surface area contributed by atoms with E-state index in [4.69, 9.17) is 0 Å². The first-order valence-electron chi connectivity index (χ1n) is 8.92. The van der Waals surface area contributed by atoms with E-state index >= 15 is 0 Å². The van der Waals surface area contributed by atoms with E-state index < -0.39 is 12.0 Å². The third-order valence-electron chi connectivity index (χ3n) is 5.18. The predicted octanol–water partition coefficient (Wildman–Crippen LogP) is 1.99. The van der Waals surface area contributed by atoms with E-state index in [9.17, 15) is 14.7 Å². The standard InChI is InChI=1S/C18H17N7O3/c1-9-2-3-11-14(19-9)22-23-15(11)21-18(28)25-10-6-7-24(8-10)13-5-4-12(17(26)27)20-16(13)25/h2-5,10H,6-8H2,1H3,(H,26,27)(H2,19,21,22,23,28)/t10-/m0/s1. The smallest absolute Gasteiger partial charge is 0.354 e. The summed E-state index contributed by atoms with van der Waals surface area (Å²) in [5.74, 6) is -0.389. The van der Waals surface area contributed by atoms with E-state index in [-0.39, 0.29) is 11.7 Å². The number of aromatic carboxylic acids is 1. The topological polar surface area (TPSA) is 127 Å². The molecule has 1 saturated heterocycles. The summed E-state index contributed by atoms with van der Waals surface area (Å²) in [5.41, 5.74) is 2.10. The Morgan fingerprint density at radius 1 is 1.25 bits per heavy atom. The summed E-state index contributed by atoms with van der Waals surface area (Å²) >= 11 is 0. The third kappa shape index (κ3) is 2.45.